The van der Waals surface area contributed by atoms with Crippen molar-refractivity contribution in [1.29, 1.82) is 5.26 Å². The summed E-state index contributed by atoms with van der Waals surface area (Å²) in [7, 11) is 0. The number of halogens is 2. The van der Waals surface area contributed by atoms with Crippen molar-refractivity contribution in [3.05, 3.63) is 47.2 Å². The van der Waals surface area contributed by atoms with E-state index in [4.69, 9.17) is 0 Å². The minimum absolute atomic E-state index is 0.0129. The summed E-state index contributed by atoms with van der Waals surface area (Å²) in [5.74, 6) is -2.09. The van der Waals surface area contributed by atoms with E-state index < -0.39 is 12.0 Å². The smallest absolute Gasteiger partial charge is 0.270 e. The Morgan fingerprint density at radius 1 is 1.36 bits per heavy atom. The number of anilines is 1. The first-order valence-electron chi connectivity index (χ1n) is 9.14. The second kappa shape index (κ2) is 7.40. The number of rotatable bonds is 6. The van der Waals surface area contributed by atoms with Gasteiger partial charge in [0, 0.05) is 42.8 Å². The molecule has 0 saturated heterocycles. The number of hydrogen-bond donors (Lipinski definition) is 2. The number of nitrogens with one attached hydrogen (secondary N) is 1. The van der Waals surface area contributed by atoms with Gasteiger partial charge in [0.1, 0.15) is 23.3 Å². The van der Waals surface area contributed by atoms with Crippen LogP contribution in [-0.2, 0) is 18.8 Å². The molecule has 0 radical (unpaired) electrons. The molecular formula is C20H23F2N5O. The van der Waals surface area contributed by atoms with E-state index in [1.54, 1.807) is 0 Å². The van der Waals surface area contributed by atoms with Crippen LogP contribution in [-0.4, -0.2) is 32.2 Å². The Bertz CT molecular complexity index is 904. The summed E-state index contributed by atoms with van der Waals surface area (Å²) in [6.07, 6.45) is 5.04. The standard InChI is InChI=1S/C20H23F2N5O/c1-19(2)15(8-16(19)28)26-18-13(9-23)11-25-17(27-18)5-4-12-10-24-7-6-14(12)20(3,21)22/h6-7,10-11,15-16,28H,4-5,8H2,1-3H3,(H,25,26,27)/t15-,16+/m0/s1. The first-order valence-corrected chi connectivity index (χ1v) is 9.14. The molecule has 1 saturated carbocycles. The molecule has 2 atom stereocenters. The molecule has 3 rings (SSSR count). The third-order valence-electron chi connectivity index (χ3n) is 5.48. The zero-order valence-electron chi connectivity index (χ0n) is 16.1. The predicted octanol–water partition coefficient (Wildman–Crippen LogP) is 3.21. The summed E-state index contributed by atoms with van der Waals surface area (Å²) < 4.78 is 27.5. The Kier molecular flexibility index (Phi) is 5.31. The SMILES string of the molecule is CC(F)(F)c1ccncc1CCc1ncc(C#N)c(N[C@H]2C[C@@H](O)C2(C)C)n1. The van der Waals surface area contributed by atoms with Crippen LogP contribution >= 0.6 is 0 Å². The van der Waals surface area contributed by atoms with Crippen LogP contribution < -0.4 is 5.32 Å². The Balaban J connectivity index is 1.77. The molecular weight excluding hydrogens is 364 g/mol. The Morgan fingerprint density at radius 2 is 2.11 bits per heavy atom. The molecule has 0 amide bonds. The zero-order valence-corrected chi connectivity index (χ0v) is 16.1. The fourth-order valence-corrected chi connectivity index (χ4v) is 3.34. The number of aromatic nitrogens is 3. The molecule has 0 aromatic carbocycles. The molecule has 2 N–H and O–H groups in total. The Morgan fingerprint density at radius 3 is 2.71 bits per heavy atom. The van der Waals surface area contributed by atoms with Crippen molar-refractivity contribution in [1.82, 2.24) is 15.0 Å². The highest BCUT2D eigenvalue weighted by Gasteiger charge is 2.47. The maximum Gasteiger partial charge on any atom is 0.270 e. The van der Waals surface area contributed by atoms with Gasteiger partial charge in [-0.05, 0) is 24.5 Å². The number of aliphatic hydroxyl groups excluding tert-OH is 1. The van der Waals surface area contributed by atoms with Crippen molar-refractivity contribution in [2.24, 2.45) is 5.41 Å². The number of aryl methyl sites for hydroxylation is 2. The fourth-order valence-electron chi connectivity index (χ4n) is 3.34. The molecule has 148 valence electrons. The van der Waals surface area contributed by atoms with Crippen LogP contribution in [0.25, 0.3) is 0 Å². The molecule has 2 aromatic rings. The lowest BCUT2D eigenvalue weighted by Gasteiger charge is -2.49. The highest BCUT2D eigenvalue weighted by molar-refractivity contribution is 5.52. The molecule has 0 bridgehead atoms. The molecule has 2 heterocycles. The molecule has 0 unspecified atom stereocenters. The molecule has 28 heavy (non-hydrogen) atoms. The van der Waals surface area contributed by atoms with E-state index in [0.29, 0.717) is 42.0 Å². The van der Waals surface area contributed by atoms with Gasteiger partial charge in [-0.1, -0.05) is 13.8 Å². The number of alkyl halides is 2. The summed E-state index contributed by atoms with van der Waals surface area (Å²) in [5, 5.41) is 22.4. The number of nitrogens with zero attached hydrogens (tertiary/aromatic N) is 4. The first kappa shape index (κ1) is 20.1. The second-order valence-corrected chi connectivity index (χ2v) is 7.85. The summed E-state index contributed by atoms with van der Waals surface area (Å²) in [6, 6.07) is 3.37. The number of pyridine rings is 1. The zero-order chi connectivity index (χ0) is 20.5. The lowest BCUT2D eigenvalue weighted by Crippen LogP contribution is -2.57. The maximum absolute atomic E-state index is 13.8. The lowest BCUT2D eigenvalue weighted by molar-refractivity contribution is -0.0511. The van der Waals surface area contributed by atoms with Crippen LogP contribution in [0.4, 0.5) is 14.6 Å². The van der Waals surface area contributed by atoms with Gasteiger partial charge in [0.25, 0.3) is 5.92 Å². The topological polar surface area (TPSA) is 94.7 Å². The van der Waals surface area contributed by atoms with Crippen molar-refractivity contribution in [3.8, 4) is 6.07 Å². The Hall–Kier alpha value is -2.66. The van der Waals surface area contributed by atoms with Crippen molar-refractivity contribution in [2.45, 2.75) is 58.1 Å². The van der Waals surface area contributed by atoms with Crippen LogP contribution in [0.15, 0.2) is 24.7 Å². The van der Waals surface area contributed by atoms with Crippen molar-refractivity contribution in [2.75, 3.05) is 5.32 Å². The fraction of sp³-hybridized carbons (Fsp3) is 0.500. The van der Waals surface area contributed by atoms with Gasteiger partial charge < -0.3 is 10.4 Å². The molecule has 0 aliphatic heterocycles. The molecule has 1 aliphatic carbocycles. The van der Waals surface area contributed by atoms with E-state index in [0.717, 1.165) is 6.92 Å². The van der Waals surface area contributed by atoms with Gasteiger partial charge in [-0.3, -0.25) is 4.98 Å². The quantitative estimate of drug-likeness (QED) is 0.790. The summed E-state index contributed by atoms with van der Waals surface area (Å²) in [6.45, 7) is 4.75. The van der Waals surface area contributed by atoms with E-state index in [1.165, 1.54) is 24.7 Å². The summed E-state index contributed by atoms with van der Waals surface area (Å²) >= 11 is 0. The summed E-state index contributed by atoms with van der Waals surface area (Å²) in [5.41, 5.74) is 0.373. The minimum atomic E-state index is -2.95. The van der Waals surface area contributed by atoms with Crippen molar-refractivity contribution < 1.29 is 13.9 Å². The molecule has 0 spiro atoms. The third kappa shape index (κ3) is 3.94. The molecule has 8 heteroatoms. The predicted molar refractivity (Wildman–Crippen MR) is 99.8 cm³/mol. The first-order chi connectivity index (χ1) is 13.1. The van der Waals surface area contributed by atoms with E-state index in [9.17, 15) is 19.1 Å². The minimum Gasteiger partial charge on any atom is -0.392 e. The van der Waals surface area contributed by atoms with Crippen LogP contribution in [0, 0.1) is 16.7 Å². The van der Waals surface area contributed by atoms with Gasteiger partial charge in [0.05, 0.1) is 12.3 Å². The van der Waals surface area contributed by atoms with E-state index in [-0.39, 0.29) is 17.0 Å². The monoisotopic (exact) mass is 387 g/mol. The van der Waals surface area contributed by atoms with E-state index >= 15 is 0 Å². The Labute approximate surface area is 162 Å². The van der Waals surface area contributed by atoms with Crippen LogP contribution in [0.3, 0.4) is 0 Å². The molecule has 6 nitrogen and oxygen atoms in total. The number of hydrogen-bond acceptors (Lipinski definition) is 6. The third-order valence-corrected chi connectivity index (χ3v) is 5.48. The van der Waals surface area contributed by atoms with Crippen LogP contribution in [0.5, 0.6) is 0 Å². The van der Waals surface area contributed by atoms with Crippen molar-refractivity contribution >= 4 is 5.82 Å². The molecule has 1 fully saturated rings. The number of aliphatic hydroxyl groups is 1. The second-order valence-electron chi connectivity index (χ2n) is 7.85. The van der Waals surface area contributed by atoms with Gasteiger partial charge in [0.2, 0.25) is 0 Å². The highest BCUT2D eigenvalue weighted by Crippen LogP contribution is 2.42. The molecule has 2 aromatic heterocycles. The van der Waals surface area contributed by atoms with Gasteiger partial charge >= 0.3 is 0 Å². The molecule has 1 aliphatic rings. The summed E-state index contributed by atoms with van der Waals surface area (Å²) in [4.78, 5) is 12.6. The van der Waals surface area contributed by atoms with Crippen LogP contribution in [0.1, 0.15) is 49.7 Å². The highest BCUT2D eigenvalue weighted by atomic mass is 19.3. The normalized spacial score (nSPS) is 20.9. The van der Waals surface area contributed by atoms with E-state index in [2.05, 4.69) is 26.3 Å². The van der Waals surface area contributed by atoms with Gasteiger partial charge in [-0.15, -0.1) is 0 Å². The average molecular weight is 387 g/mol. The maximum atomic E-state index is 13.8. The number of nitriles is 1. The van der Waals surface area contributed by atoms with Gasteiger partial charge in [-0.2, -0.15) is 5.26 Å². The average Bonchev–Trinajstić information content (AvgIpc) is 2.65. The largest absolute Gasteiger partial charge is 0.392 e. The van der Waals surface area contributed by atoms with Gasteiger partial charge in [-0.25, -0.2) is 18.7 Å². The van der Waals surface area contributed by atoms with E-state index in [1.807, 2.05) is 13.8 Å². The van der Waals surface area contributed by atoms with Crippen molar-refractivity contribution in [3.63, 3.8) is 0 Å². The lowest BCUT2D eigenvalue weighted by atomic mass is 9.64. The van der Waals surface area contributed by atoms with Crippen LogP contribution in [0.2, 0.25) is 0 Å². The van der Waals surface area contributed by atoms with Gasteiger partial charge in [0.15, 0.2) is 0 Å².